The van der Waals surface area contributed by atoms with Crippen molar-refractivity contribution in [3.05, 3.63) is 0 Å². The molecule has 0 aliphatic heterocycles. The summed E-state index contributed by atoms with van der Waals surface area (Å²) in [6.07, 6.45) is 3.85. The average molecular weight is 255 g/mol. The van der Waals surface area contributed by atoms with E-state index in [1.165, 1.54) is 25.8 Å². The van der Waals surface area contributed by atoms with E-state index in [4.69, 9.17) is 0 Å². The van der Waals surface area contributed by atoms with Gasteiger partial charge >= 0.3 is 0 Å². The Hall–Kier alpha value is -0.0400. The van der Waals surface area contributed by atoms with E-state index in [-0.39, 0.29) is 0 Å². The van der Waals surface area contributed by atoms with Crippen LogP contribution in [0.5, 0.6) is 0 Å². The van der Waals surface area contributed by atoms with Gasteiger partial charge in [-0.3, -0.25) is 0 Å². The molecule has 1 unspecified atom stereocenters. The molecule has 0 fully saturated rings. The lowest BCUT2D eigenvalue weighted by Gasteiger charge is -2.44. The number of hydrogen-bond donors (Lipinski definition) is 0. The van der Waals surface area contributed by atoms with Crippen LogP contribution in [0.25, 0.3) is 0 Å². The summed E-state index contributed by atoms with van der Waals surface area (Å²) in [5, 5.41) is 0. The predicted octanol–water partition coefficient (Wildman–Crippen LogP) is 5.21. The highest BCUT2D eigenvalue weighted by Crippen LogP contribution is 2.33. The van der Waals surface area contributed by atoms with Gasteiger partial charge in [-0.05, 0) is 50.6 Å². The zero-order valence-corrected chi connectivity index (χ0v) is 14.4. The Morgan fingerprint density at radius 2 is 1.39 bits per heavy atom. The molecular formula is C17H37N. The van der Waals surface area contributed by atoms with Crippen molar-refractivity contribution in [2.24, 2.45) is 17.3 Å². The lowest BCUT2D eigenvalue weighted by atomic mass is 9.77. The Kier molecular flexibility index (Phi) is 6.92. The van der Waals surface area contributed by atoms with Crippen LogP contribution in [0.2, 0.25) is 0 Å². The molecule has 0 aliphatic carbocycles. The highest BCUT2D eigenvalue weighted by molar-refractivity contribution is 4.88. The van der Waals surface area contributed by atoms with Gasteiger partial charge in [0.1, 0.15) is 0 Å². The van der Waals surface area contributed by atoms with E-state index in [0.29, 0.717) is 16.9 Å². The van der Waals surface area contributed by atoms with Crippen LogP contribution in [0.3, 0.4) is 0 Å². The van der Waals surface area contributed by atoms with Crippen LogP contribution in [0.15, 0.2) is 0 Å². The van der Waals surface area contributed by atoms with Crippen molar-refractivity contribution in [1.82, 2.24) is 4.90 Å². The smallest absolute Gasteiger partial charge is 0.0201 e. The first-order chi connectivity index (χ1) is 8.08. The normalized spacial score (nSPS) is 16.7. The van der Waals surface area contributed by atoms with E-state index in [9.17, 15) is 0 Å². The van der Waals surface area contributed by atoms with Crippen LogP contribution in [0.1, 0.15) is 74.7 Å². The van der Waals surface area contributed by atoms with Gasteiger partial charge in [-0.25, -0.2) is 0 Å². The monoisotopic (exact) mass is 255 g/mol. The molecule has 0 saturated heterocycles. The first kappa shape index (κ1) is 18.0. The second-order valence-corrected chi connectivity index (χ2v) is 7.58. The van der Waals surface area contributed by atoms with Crippen LogP contribution in [0, 0.1) is 17.3 Å². The molecule has 0 N–H and O–H groups in total. The van der Waals surface area contributed by atoms with Crippen molar-refractivity contribution in [3.8, 4) is 0 Å². The Balaban J connectivity index is 4.59. The van der Waals surface area contributed by atoms with Crippen LogP contribution in [0.4, 0.5) is 0 Å². The quantitative estimate of drug-likeness (QED) is 0.576. The van der Waals surface area contributed by atoms with Gasteiger partial charge in [0, 0.05) is 5.54 Å². The second-order valence-electron chi connectivity index (χ2n) is 7.58. The summed E-state index contributed by atoms with van der Waals surface area (Å²) in [6, 6.07) is 0. The predicted molar refractivity (Wildman–Crippen MR) is 84.0 cm³/mol. The largest absolute Gasteiger partial charge is 0.301 e. The van der Waals surface area contributed by atoms with Gasteiger partial charge < -0.3 is 4.90 Å². The number of hydrogen-bond acceptors (Lipinski definition) is 1. The maximum atomic E-state index is 2.60. The van der Waals surface area contributed by atoms with Crippen LogP contribution < -0.4 is 0 Å². The lowest BCUT2D eigenvalue weighted by Crippen LogP contribution is -2.49. The van der Waals surface area contributed by atoms with Gasteiger partial charge in [0.15, 0.2) is 0 Å². The standard InChI is InChI=1S/C17H37N/c1-10-11-17(8,15(4)5)18(9)13-12-16(6,7)14(2)3/h14-15H,10-13H2,1-9H3. The highest BCUT2D eigenvalue weighted by Gasteiger charge is 2.33. The van der Waals surface area contributed by atoms with Gasteiger partial charge in [0.2, 0.25) is 0 Å². The molecule has 0 aliphatic rings. The van der Waals surface area contributed by atoms with E-state index in [1.807, 2.05) is 0 Å². The minimum absolute atomic E-state index is 0.349. The average Bonchev–Trinajstić information content (AvgIpc) is 2.25. The topological polar surface area (TPSA) is 3.24 Å². The molecule has 0 bridgehead atoms. The molecule has 0 spiro atoms. The maximum Gasteiger partial charge on any atom is 0.0201 e. The first-order valence-electron chi connectivity index (χ1n) is 7.79. The fraction of sp³-hybridized carbons (Fsp3) is 1.00. The molecule has 0 aromatic heterocycles. The zero-order chi connectivity index (χ0) is 14.6. The van der Waals surface area contributed by atoms with Crippen molar-refractivity contribution in [1.29, 1.82) is 0 Å². The maximum absolute atomic E-state index is 2.60. The van der Waals surface area contributed by atoms with Gasteiger partial charge in [-0.1, -0.05) is 54.9 Å². The van der Waals surface area contributed by atoms with E-state index in [0.717, 1.165) is 5.92 Å². The summed E-state index contributed by atoms with van der Waals surface area (Å²) in [5.41, 5.74) is 0.792. The summed E-state index contributed by atoms with van der Waals surface area (Å²) < 4.78 is 0. The third kappa shape index (κ3) is 4.57. The molecule has 0 saturated carbocycles. The molecule has 18 heavy (non-hydrogen) atoms. The lowest BCUT2D eigenvalue weighted by molar-refractivity contribution is 0.0587. The Morgan fingerprint density at radius 3 is 1.72 bits per heavy atom. The SMILES string of the molecule is CCCC(C)(C(C)C)N(C)CCC(C)(C)C(C)C. The van der Waals surface area contributed by atoms with Crippen LogP contribution >= 0.6 is 0 Å². The van der Waals surface area contributed by atoms with E-state index >= 15 is 0 Å². The van der Waals surface area contributed by atoms with Gasteiger partial charge in [0.05, 0.1) is 0 Å². The first-order valence-corrected chi connectivity index (χ1v) is 7.79. The molecule has 0 heterocycles. The van der Waals surface area contributed by atoms with E-state index in [1.54, 1.807) is 0 Å². The third-order valence-corrected chi connectivity index (χ3v) is 5.53. The van der Waals surface area contributed by atoms with Crippen molar-refractivity contribution in [2.45, 2.75) is 80.2 Å². The summed E-state index contributed by atoms with van der Waals surface area (Å²) in [6.45, 7) is 20.1. The molecule has 1 atom stereocenters. The summed E-state index contributed by atoms with van der Waals surface area (Å²) in [5.74, 6) is 1.46. The van der Waals surface area contributed by atoms with Gasteiger partial charge in [0.25, 0.3) is 0 Å². The molecule has 0 radical (unpaired) electrons. The molecular weight excluding hydrogens is 218 g/mol. The third-order valence-electron chi connectivity index (χ3n) is 5.53. The Morgan fingerprint density at radius 1 is 0.889 bits per heavy atom. The molecule has 0 amide bonds. The van der Waals surface area contributed by atoms with Crippen molar-refractivity contribution in [2.75, 3.05) is 13.6 Å². The fourth-order valence-corrected chi connectivity index (χ4v) is 2.43. The van der Waals surface area contributed by atoms with Crippen molar-refractivity contribution >= 4 is 0 Å². The number of rotatable bonds is 8. The van der Waals surface area contributed by atoms with Gasteiger partial charge in [-0.15, -0.1) is 0 Å². The summed E-state index contributed by atoms with van der Waals surface area (Å²) >= 11 is 0. The van der Waals surface area contributed by atoms with Crippen molar-refractivity contribution in [3.63, 3.8) is 0 Å². The Bertz CT molecular complexity index is 230. The summed E-state index contributed by atoms with van der Waals surface area (Å²) in [4.78, 5) is 2.60. The highest BCUT2D eigenvalue weighted by atomic mass is 15.2. The second kappa shape index (κ2) is 6.93. The zero-order valence-electron chi connectivity index (χ0n) is 14.4. The van der Waals surface area contributed by atoms with Gasteiger partial charge in [-0.2, -0.15) is 0 Å². The van der Waals surface area contributed by atoms with E-state index in [2.05, 4.69) is 67.3 Å². The fourth-order valence-electron chi connectivity index (χ4n) is 2.43. The molecule has 0 aromatic carbocycles. The molecule has 0 rings (SSSR count). The molecule has 0 aromatic rings. The van der Waals surface area contributed by atoms with Crippen molar-refractivity contribution < 1.29 is 0 Å². The van der Waals surface area contributed by atoms with Crippen LogP contribution in [-0.4, -0.2) is 24.0 Å². The minimum atomic E-state index is 0.349. The molecule has 1 nitrogen and oxygen atoms in total. The molecule has 1 heteroatoms. The summed E-state index contributed by atoms with van der Waals surface area (Å²) in [7, 11) is 2.31. The van der Waals surface area contributed by atoms with Crippen LogP contribution in [-0.2, 0) is 0 Å². The Labute approximate surface area is 116 Å². The minimum Gasteiger partial charge on any atom is -0.301 e. The number of nitrogens with zero attached hydrogens (tertiary/aromatic N) is 1. The molecule has 110 valence electrons. The van der Waals surface area contributed by atoms with E-state index < -0.39 is 0 Å².